The van der Waals surface area contributed by atoms with Crippen molar-refractivity contribution in [2.24, 2.45) is 0 Å². The van der Waals surface area contributed by atoms with Crippen LogP contribution in [0.4, 0.5) is 11.4 Å². The van der Waals surface area contributed by atoms with Crippen LogP contribution in [-0.4, -0.2) is 34.9 Å². The zero-order valence-corrected chi connectivity index (χ0v) is 18.1. The predicted octanol–water partition coefficient (Wildman–Crippen LogP) is 5.50. The van der Waals surface area contributed by atoms with Crippen molar-refractivity contribution in [3.05, 3.63) is 53.6 Å². The van der Waals surface area contributed by atoms with Gasteiger partial charge in [-0.1, -0.05) is 42.3 Å². The smallest absolute Gasteiger partial charge is 0.277 e. The molecule has 1 aromatic heterocycles. The van der Waals surface area contributed by atoms with Crippen LogP contribution in [-0.2, 0) is 4.79 Å². The molecular weight excluding hydrogens is 420 g/mol. The zero-order chi connectivity index (χ0) is 20.8. The van der Waals surface area contributed by atoms with Crippen LogP contribution in [0.15, 0.2) is 58.2 Å². The molecule has 0 saturated carbocycles. The largest absolute Gasteiger partial charge is 0.411 e. The van der Waals surface area contributed by atoms with E-state index in [0.29, 0.717) is 16.1 Å². The number of nitrogens with one attached hydrogen (secondary N) is 1. The Morgan fingerprint density at radius 3 is 2.57 bits per heavy atom. The Morgan fingerprint density at radius 1 is 1.07 bits per heavy atom. The lowest BCUT2D eigenvalue weighted by Gasteiger charge is -2.22. The van der Waals surface area contributed by atoms with Crippen molar-refractivity contribution in [3.8, 4) is 11.5 Å². The average Bonchev–Trinajstić information content (AvgIpc) is 3.07. The van der Waals surface area contributed by atoms with Gasteiger partial charge in [-0.05, 0) is 55.3 Å². The molecule has 0 radical (unpaired) electrons. The molecule has 4 rings (SSSR count). The van der Waals surface area contributed by atoms with Crippen LogP contribution < -0.4 is 10.2 Å². The first-order valence-corrected chi connectivity index (χ1v) is 11.4. The number of hydrogen-bond acceptors (Lipinski definition) is 6. The van der Waals surface area contributed by atoms with Crippen molar-refractivity contribution in [2.45, 2.75) is 30.9 Å². The van der Waals surface area contributed by atoms with Crippen LogP contribution in [0, 0.1) is 0 Å². The molecule has 30 heavy (non-hydrogen) atoms. The highest BCUT2D eigenvalue weighted by Crippen LogP contribution is 2.26. The molecule has 0 atom stereocenters. The lowest BCUT2D eigenvalue weighted by molar-refractivity contribution is -0.113. The summed E-state index contributed by atoms with van der Waals surface area (Å²) in [5, 5.41) is 11.9. The molecular formula is C22H23ClN4O2S. The average molecular weight is 443 g/mol. The number of hydrogen-bond donors (Lipinski definition) is 1. The second kappa shape index (κ2) is 10.00. The van der Waals surface area contributed by atoms with Crippen LogP contribution in [0.1, 0.15) is 25.7 Å². The van der Waals surface area contributed by atoms with Gasteiger partial charge in [0.15, 0.2) is 0 Å². The summed E-state index contributed by atoms with van der Waals surface area (Å²) in [6.45, 7) is 2.20. The van der Waals surface area contributed by atoms with Gasteiger partial charge in [-0.15, -0.1) is 10.2 Å². The second-order valence-corrected chi connectivity index (χ2v) is 8.53. The summed E-state index contributed by atoms with van der Waals surface area (Å²) < 4.78 is 5.61. The lowest BCUT2D eigenvalue weighted by Crippen LogP contribution is -2.23. The van der Waals surface area contributed by atoms with Crippen LogP contribution in [0.5, 0.6) is 0 Å². The molecule has 2 heterocycles. The maximum Gasteiger partial charge on any atom is 0.277 e. The quantitative estimate of drug-likeness (QED) is 0.508. The molecule has 0 spiro atoms. The van der Waals surface area contributed by atoms with Crippen molar-refractivity contribution < 1.29 is 9.21 Å². The third kappa shape index (κ3) is 5.55. The van der Waals surface area contributed by atoms with Gasteiger partial charge in [0.2, 0.25) is 11.8 Å². The number of halogens is 1. The Morgan fingerprint density at radius 2 is 1.83 bits per heavy atom. The van der Waals surface area contributed by atoms with Gasteiger partial charge in [0.25, 0.3) is 5.22 Å². The number of benzene rings is 2. The van der Waals surface area contributed by atoms with E-state index in [4.69, 9.17) is 16.0 Å². The minimum Gasteiger partial charge on any atom is -0.411 e. The van der Waals surface area contributed by atoms with E-state index in [9.17, 15) is 4.79 Å². The van der Waals surface area contributed by atoms with Crippen LogP contribution >= 0.6 is 23.4 Å². The Balaban J connectivity index is 1.29. The first-order chi connectivity index (χ1) is 14.7. The SMILES string of the molecule is O=C(CSc1nnc(-c2cccc(Cl)c2)o1)Nc1ccc(N2CCCCCC2)cc1. The van der Waals surface area contributed by atoms with Crippen LogP contribution in [0.3, 0.4) is 0 Å². The van der Waals surface area contributed by atoms with Gasteiger partial charge in [0.05, 0.1) is 5.75 Å². The molecule has 1 aliphatic heterocycles. The van der Waals surface area contributed by atoms with Gasteiger partial charge in [0.1, 0.15) is 0 Å². The van der Waals surface area contributed by atoms with Crippen molar-refractivity contribution in [3.63, 3.8) is 0 Å². The Kier molecular flexibility index (Phi) is 6.92. The van der Waals surface area contributed by atoms with Crippen molar-refractivity contribution in [1.29, 1.82) is 0 Å². The number of anilines is 2. The van der Waals surface area contributed by atoms with E-state index in [-0.39, 0.29) is 11.7 Å². The predicted molar refractivity (Wildman–Crippen MR) is 121 cm³/mol. The number of thioether (sulfide) groups is 1. The van der Waals surface area contributed by atoms with Gasteiger partial charge < -0.3 is 14.6 Å². The Bertz CT molecular complexity index is 985. The third-order valence-electron chi connectivity index (χ3n) is 4.93. The summed E-state index contributed by atoms with van der Waals surface area (Å²) in [5.74, 6) is 0.444. The molecule has 156 valence electrons. The first-order valence-electron chi connectivity index (χ1n) is 10.0. The molecule has 1 aliphatic rings. The summed E-state index contributed by atoms with van der Waals surface area (Å²) in [4.78, 5) is 14.7. The van der Waals surface area contributed by atoms with E-state index in [1.807, 2.05) is 24.3 Å². The van der Waals surface area contributed by atoms with Gasteiger partial charge in [-0.3, -0.25) is 4.79 Å². The van der Waals surface area contributed by atoms with Crippen LogP contribution in [0.2, 0.25) is 5.02 Å². The summed E-state index contributed by atoms with van der Waals surface area (Å²) in [5.41, 5.74) is 2.74. The maximum absolute atomic E-state index is 12.3. The molecule has 1 N–H and O–H groups in total. The Labute approximate surface area is 185 Å². The van der Waals surface area contributed by atoms with Crippen molar-refractivity contribution in [1.82, 2.24) is 10.2 Å². The summed E-state index contributed by atoms with van der Waals surface area (Å²) in [6, 6.07) is 15.2. The van der Waals surface area contributed by atoms with E-state index in [2.05, 4.69) is 32.5 Å². The number of nitrogens with zero attached hydrogens (tertiary/aromatic N) is 3. The van der Waals surface area contributed by atoms with Crippen molar-refractivity contribution in [2.75, 3.05) is 29.1 Å². The summed E-state index contributed by atoms with van der Waals surface area (Å²) >= 11 is 7.19. The minimum atomic E-state index is -0.120. The molecule has 0 unspecified atom stereocenters. The molecule has 3 aromatic rings. The molecule has 1 saturated heterocycles. The van der Waals surface area contributed by atoms with Crippen LogP contribution in [0.25, 0.3) is 11.5 Å². The Hall–Kier alpha value is -2.51. The maximum atomic E-state index is 12.3. The van der Waals surface area contributed by atoms with E-state index in [0.717, 1.165) is 24.3 Å². The fraction of sp³-hybridized carbons (Fsp3) is 0.318. The topological polar surface area (TPSA) is 71.3 Å². The standard InChI is InChI=1S/C22H23ClN4O2S/c23-17-7-5-6-16(14-17)21-25-26-22(29-21)30-15-20(28)24-18-8-10-19(11-9-18)27-12-3-1-2-4-13-27/h5-11,14H,1-4,12-13,15H2,(H,24,28). The number of amides is 1. The number of aromatic nitrogens is 2. The fourth-order valence-corrected chi connectivity index (χ4v) is 4.17. The molecule has 8 heteroatoms. The highest BCUT2D eigenvalue weighted by Gasteiger charge is 2.13. The van der Waals surface area contributed by atoms with Gasteiger partial charge in [0, 0.05) is 35.1 Å². The summed E-state index contributed by atoms with van der Waals surface area (Å²) in [6.07, 6.45) is 5.10. The van der Waals surface area contributed by atoms with E-state index in [1.54, 1.807) is 12.1 Å². The van der Waals surface area contributed by atoms with E-state index >= 15 is 0 Å². The van der Waals surface area contributed by atoms with E-state index in [1.165, 1.54) is 43.1 Å². The monoisotopic (exact) mass is 442 g/mol. The molecule has 0 bridgehead atoms. The fourth-order valence-electron chi connectivity index (χ4n) is 3.42. The van der Waals surface area contributed by atoms with E-state index < -0.39 is 0 Å². The molecule has 0 aliphatic carbocycles. The second-order valence-electron chi connectivity index (χ2n) is 7.17. The zero-order valence-electron chi connectivity index (χ0n) is 16.5. The minimum absolute atomic E-state index is 0.120. The normalized spacial score (nSPS) is 14.4. The number of rotatable bonds is 6. The van der Waals surface area contributed by atoms with Gasteiger partial charge >= 0.3 is 0 Å². The molecule has 2 aromatic carbocycles. The highest BCUT2D eigenvalue weighted by atomic mass is 35.5. The first kappa shape index (κ1) is 20.8. The molecule has 1 amide bonds. The molecule has 6 nitrogen and oxygen atoms in total. The van der Waals surface area contributed by atoms with Gasteiger partial charge in [-0.25, -0.2) is 0 Å². The number of carbonyl (C=O) groups excluding carboxylic acids is 1. The number of carbonyl (C=O) groups is 1. The summed E-state index contributed by atoms with van der Waals surface area (Å²) in [7, 11) is 0. The molecule has 1 fully saturated rings. The van der Waals surface area contributed by atoms with Gasteiger partial charge in [-0.2, -0.15) is 0 Å². The lowest BCUT2D eigenvalue weighted by atomic mass is 10.2. The van der Waals surface area contributed by atoms with Crippen molar-refractivity contribution >= 4 is 40.6 Å². The highest BCUT2D eigenvalue weighted by molar-refractivity contribution is 7.99. The third-order valence-corrected chi connectivity index (χ3v) is 5.98.